The van der Waals surface area contributed by atoms with Crippen LogP contribution in [-0.4, -0.2) is 35.4 Å². The van der Waals surface area contributed by atoms with Crippen LogP contribution in [-0.2, 0) is 0 Å². The summed E-state index contributed by atoms with van der Waals surface area (Å²) in [5.41, 5.74) is 0.626. The summed E-state index contributed by atoms with van der Waals surface area (Å²) < 4.78 is 13.8. The van der Waals surface area contributed by atoms with Crippen LogP contribution in [0.3, 0.4) is 0 Å². The number of aliphatic hydroxyl groups excluding tert-OH is 1. The molecule has 0 aliphatic carbocycles. The van der Waals surface area contributed by atoms with Crippen molar-refractivity contribution in [3.8, 4) is 0 Å². The minimum Gasteiger partial charge on any atom is -0.389 e. The summed E-state index contributed by atoms with van der Waals surface area (Å²) in [6, 6.07) is 4.96. The molecule has 0 aromatic heterocycles. The standard InChI is InChI=1S/C14H22FNOS/c1-4-16(5-2)8-9-18-14-7-6-12(11(3)17)10-13(14)15/h6-7,10-11,17H,4-5,8-9H2,1-3H3. The van der Waals surface area contributed by atoms with E-state index in [-0.39, 0.29) is 5.82 Å². The number of rotatable bonds is 7. The van der Waals surface area contributed by atoms with Crippen molar-refractivity contribution in [3.05, 3.63) is 29.6 Å². The van der Waals surface area contributed by atoms with E-state index in [1.165, 1.54) is 17.8 Å². The third kappa shape index (κ3) is 4.59. The molecule has 1 aromatic carbocycles. The number of nitrogens with zero attached hydrogens (tertiary/aromatic N) is 1. The topological polar surface area (TPSA) is 23.5 Å². The smallest absolute Gasteiger partial charge is 0.137 e. The number of hydrogen-bond acceptors (Lipinski definition) is 3. The van der Waals surface area contributed by atoms with Crippen molar-refractivity contribution in [2.75, 3.05) is 25.4 Å². The maximum absolute atomic E-state index is 13.8. The van der Waals surface area contributed by atoms with Crippen LogP contribution >= 0.6 is 11.8 Å². The van der Waals surface area contributed by atoms with Crippen LogP contribution in [0.5, 0.6) is 0 Å². The first kappa shape index (κ1) is 15.5. The van der Waals surface area contributed by atoms with Crippen LogP contribution in [0.2, 0.25) is 0 Å². The molecule has 0 bridgehead atoms. The summed E-state index contributed by atoms with van der Waals surface area (Å²) in [5, 5.41) is 9.37. The highest BCUT2D eigenvalue weighted by atomic mass is 32.2. The molecular formula is C14H22FNOS. The largest absolute Gasteiger partial charge is 0.389 e. The lowest BCUT2D eigenvalue weighted by Gasteiger charge is -2.17. The van der Waals surface area contributed by atoms with Gasteiger partial charge in [0.1, 0.15) is 5.82 Å². The average molecular weight is 271 g/mol. The quantitative estimate of drug-likeness (QED) is 0.770. The van der Waals surface area contributed by atoms with Gasteiger partial charge in [-0.2, -0.15) is 0 Å². The Balaban J connectivity index is 2.53. The molecule has 0 heterocycles. The van der Waals surface area contributed by atoms with Crippen molar-refractivity contribution in [1.29, 1.82) is 0 Å². The fourth-order valence-corrected chi connectivity index (χ4v) is 2.65. The van der Waals surface area contributed by atoms with Gasteiger partial charge in [-0.15, -0.1) is 11.8 Å². The Morgan fingerprint density at radius 3 is 2.50 bits per heavy atom. The molecule has 4 heteroatoms. The summed E-state index contributed by atoms with van der Waals surface area (Å²) in [5.74, 6) is 0.644. The van der Waals surface area contributed by atoms with Crippen LogP contribution in [0.25, 0.3) is 0 Å². The van der Waals surface area contributed by atoms with Gasteiger partial charge in [0.2, 0.25) is 0 Å². The van der Waals surface area contributed by atoms with E-state index in [1.54, 1.807) is 19.1 Å². The van der Waals surface area contributed by atoms with Crippen LogP contribution in [0.4, 0.5) is 4.39 Å². The summed E-state index contributed by atoms with van der Waals surface area (Å²) in [7, 11) is 0. The summed E-state index contributed by atoms with van der Waals surface area (Å²) in [4.78, 5) is 2.97. The highest BCUT2D eigenvalue weighted by Gasteiger charge is 2.08. The second-order valence-electron chi connectivity index (χ2n) is 4.24. The molecule has 0 aliphatic heterocycles. The molecule has 2 nitrogen and oxygen atoms in total. The van der Waals surface area contributed by atoms with Gasteiger partial charge in [-0.1, -0.05) is 19.9 Å². The zero-order valence-electron chi connectivity index (χ0n) is 11.3. The Morgan fingerprint density at radius 2 is 2.00 bits per heavy atom. The van der Waals surface area contributed by atoms with Crippen LogP contribution in [0.1, 0.15) is 32.4 Å². The molecule has 0 amide bonds. The molecule has 0 spiro atoms. The van der Waals surface area contributed by atoms with E-state index in [4.69, 9.17) is 0 Å². The van der Waals surface area contributed by atoms with Gasteiger partial charge in [0.25, 0.3) is 0 Å². The highest BCUT2D eigenvalue weighted by Crippen LogP contribution is 2.24. The Labute approximate surface area is 113 Å². The molecule has 0 saturated heterocycles. The van der Waals surface area contributed by atoms with Crippen molar-refractivity contribution in [2.24, 2.45) is 0 Å². The van der Waals surface area contributed by atoms with Gasteiger partial charge >= 0.3 is 0 Å². The van der Waals surface area contributed by atoms with E-state index in [0.29, 0.717) is 10.5 Å². The predicted octanol–water partition coefficient (Wildman–Crippen LogP) is 3.31. The van der Waals surface area contributed by atoms with Crippen molar-refractivity contribution in [2.45, 2.75) is 31.8 Å². The predicted molar refractivity (Wildman–Crippen MR) is 75.5 cm³/mol. The van der Waals surface area contributed by atoms with E-state index >= 15 is 0 Å². The molecular weight excluding hydrogens is 249 g/mol. The molecule has 0 aliphatic rings. The second kappa shape index (κ2) is 7.77. The lowest BCUT2D eigenvalue weighted by atomic mass is 10.1. The SMILES string of the molecule is CCN(CC)CCSc1ccc(C(C)O)cc1F. The first-order valence-electron chi connectivity index (χ1n) is 6.41. The minimum atomic E-state index is -0.616. The Kier molecular flexibility index (Phi) is 6.68. The van der Waals surface area contributed by atoms with E-state index < -0.39 is 6.10 Å². The van der Waals surface area contributed by atoms with Crippen molar-refractivity contribution in [3.63, 3.8) is 0 Å². The van der Waals surface area contributed by atoms with Gasteiger partial charge in [0.15, 0.2) is 0 Å². The molecule has 102 valence electrons. The van der Waals surface area contributed by atoms with E-state index in [1.807, 2.05) is 0 Å². The van der Waals surface area contributed by atoms with Crippen molar-refractivity contribution < 1.29 is 9.50 Å². The highest BCUT2D eigenvalue weighted by molar-refractivity contribution is 7.99. The molecule has 1 N–H and O–H groups in total. The normalized spacial score (nSPS) is 13.0. The third-order valence-electron chi connectivity index (χ3n) is 3.00. The molecule has 1 unspecified atom stereocenters. The fourth-order valence-electron chi connectivity index (χ4n) is 1.72. The number of aliphatic hydroxyl groups is 1. The second-order valence-corrected chi connectivity index (χ2v) is 5.38. The fraction of sp³-hybridized carbons (Fsp3) is 0.571. The molecule has 0 fully saturated rings. The zero-order valence-corrected chi connectivity index (χ0v) is 12.1. The van der Waals surface area contributed by atoms with Crippen LogP contribution < -0.4 is 0 Å². The van der Waals surface area contributed by atoms with Crippen LogP contribution in [0.15, 0.2) is 23.1 Å². The van der Waals surface area contributed by atoms with E-state index in [2.05, 4.69) is 18.7 Å². The van der Waals surface area contributed by atoms with Gasteiger partial charge in [0, 0.05) is 17.2 Å². The molecule has 1 aromatic rings. The first-order chi connectivity index (χ1) is 8.58. The van der Waals surface area contributed by atoms with E-state index in [9.17, 15) is 9.50 Å². The molecule has 18 heavy (non-hydrogen) atoms. The number of benzene rings is 1. The maximum atomic E-state index is 13.8. The zero-order chi connectivity index (χ0) is 13.5. The Morgan fingerprint density at radius 1 is 1.33 bits per heavy atom. The van der Waals surface area contributed by atoms with Gasteiger partial charge in [-0.25, -0.2) is 4.39 Å². The van der Waals surface area contributed by atoms with Gasteiger partial charge < -0.3 is 10.0 Å². The average Bonchev–Trinajstić information content (AvgIpc) is 2.36. The third-order valence-corrected chi connectivity index (χ3v) is 4.03. The minimum absolute atomic E-state index is 0.238. The molecule has 1 rings (SSSR count). The first-order valence-corrected chi connectivity index (χ1v) is 7.39. The van der Waals surface area contributed by atoms with Gasteiger partial charge in [0.05, 0.1) is 6.10 Å². The molecule has 1 atom stereocenters. The summed E-state index contributed by atoms with van der Waals surface area (Å²) in [6.45, 7) is 8.93. The van der Waals surface area contributed by atoms with E-state index in [0.717, 1.165) is 25.4 Å². The number of thioether (sulfide) groups is 1. The number of halogens is 1. The van der Waals surface area contributed by atoms with Gasteiger partial charge in [-0.3, -0.25) is 0 Å². The molecule has 0 radical (unpaired) electrons. The lowest BCUT2D eigenvalue weighted by molar-refractivity contribution is 0.198. The Hall–Kier alpha value is -0.580. The van der Waals surface area contributed by atoms with Crippen molar-refractivity contribution >= 4 is 11.8 Å². The van der Waals surface area contributed by atoms with Gasteiger partial charge in [-0.05, 0) is 37.7 Å². The maximum Gasteiger partial charge on any atom is 0.137 e. The van der Waals surface area contributed by atoms with Crippen LogP contribution in [0, 0.1) is 5.82 Å². The lowest BCUT2D eigenvalue weighted by Crippen LogP contribution is -2.25. The summed E-state index contributed by atoms with van der Waals surface area (Å²) >= 11 is 1.53. The number of hydrogen-bond donors (Lipinski definition) is 1. The molecule has 0 saturated carbocycles. The Bertz CT molecular complexity index is 367. The van der Waals surface area contributed by atoms with Crippen molar-refractivity contribution in [1.82, 2.24) is 4.90 Å². The summed E-state index contributed by atoms with van der Waals surface area (Å²) in [6.07, 6.45) is -0.616. The monoisotopic (exact) mass is 271 g/mol.